The molecule has 0 aromatic carbocycles. The van der Waals surface area contributed by atoms with Gasteiger partial charge < -0.3 is 28.8 Å². The summed E-state index contributed by atoms with van der Waals surface area (Å²) in [7, 11) is 0. The fourth-order valence-electron chi connectivity index (χ4n) is 3.91. The maximum atomic E-state index is 12.8. The lowest BCUT2D eigenvalue weighted by Gasteiger charge is -2.31. The summed E-state index contributed by atoms with van der Waals surface area (Å²) in [5.74, 6) is -3.03. The molecule has 9 nitrogen and oxygen atoms in total. The molecule has 0 saturated carbocycles. The second-order valence-electron chi connectivity index (χ2n) is 8.20. The predicted octanol–water partition coefficient (Wildman–Crippen LogP) is 0.709. The number of fused-ring (bicyclic) bond motifs is 2. The first-order chi connectivity index (χ1) is 14.0. The first-order valence-corrected chi connectivity index (χ1v) is 9.73. The van der Waals surface area contributed by atoms with E-state index in [4.69, 9.17) is 23.7 Å². The van der Waals surface area contributed by atoms with E-state index in [2.05, 4.69) is 6.58 Å². The van der Waals surface area contributed by atoms with Gasteiger partial charge in [-0.25, -0.2) is 9.59 Å². The molecule has 0 aromatic rings. The Labute approximate surface area is 173 Å². The lowest BCUT2D eigenvalue weighted by molar-refractivity contribution is -0.166. The zero-order valence-electron chi connectivity index (χ0n) is 17.1. The van der Waals surface area contributed by atoms with Crippen LogP contribution in [0, 0.1) is 5.92 Å². The van der Waals surface area contributed by atoms with Gasteiger partial charge in [0.25, 0.3) is 0 Å². The lowest BCUT2D eigenvalue weighted by Crippen LogP contribution is -2.45. The number of epoxide rings is 2. The van der Waals surface area contributed by atoms with Gasteiger partial charge in [0.05, 0.1) is 12.0 Å². The zero-order valence-corrected chi connectivity index (χ0v) is 17.1. The standard InChI is InChI=1S/C21H24O9/c1-8-6-12-15(9(2)19(24)28-12)18(29-20(25)21(5)10(3)30-21)16(23)13(26-11(4)22)7-14-17(8)27-14/h6-7,10,12,14-18,23H,2H2,1,3-5H3. The van der Waals surface area contributed by atoms with Crippen LogP contribution in [0.5, 0.6) is 0 Å². The highest BCUT2D eigenvalue weighted by Gasteiger charge is 2.59. The largest absolute Gasteiger partial charge is 0.456 e. The van der Waals surface area contributed by atoms with Crippen LogP contribution in [0.25, 0.3) is 0 Å². The smallest absolute Gasteiger partial charge is 0.341 e. The van der Waals surface area contributed by atoms with Crippen molar-refractivity contribution in [1.29, 1.82) is 0 Å². The second kappa shape index (κ2) is 7.04. The van der Waals surface area contributed by atoms with Gasteiger partial charge in [0.1, 0.15) is 36.3 Å². The highest BCUT2D eigenvalue weighted by Crippen LogP contribution is 2.42. The Morgan fingerprint density at radius 2 is 1.93 bits per heavy atom. The minimum atomic E-state index is -1.56. The van der Waals surface area contributed by atoms with Crippen molar-refractivity contribution in [2.24, 2.45) is 5.92 Å². The first-order valence-electron chi connectivity index (χ1n) is 9.73. The van der Waals surface area contributed by atoms with Gasteiger partial charge in [-0.2, -0.15) is 0 Å². The molecule has 30 heavy (non-hydrogen) atoms. The molecule has 3 heterocycles. The fourth-order valence-corrected chi connectivity index (χ4v) is 3.91. The Morgan fingerprint density at radius 3 is 2.53 bits per heavy atom. The highest BCUT2D eigenvalue weighted by atomic mass is 16.7. The van der Waals surface area contributed by atoms with Crippen LogP contribution in [0.2, 0.25) is 0 Å². The molecule has 0 radical (unpaired) electrons. The quantitative estimate of drug-likeness (QED) is 0.231. The van der Waals surface area contributed by atoms with Gasteiger partial charge in [0, 0.05) is 12.5 Å². The van der Waals surface area contributed by atoms with Crippen molar-refractivity contribution >= 4 is 17.9 Å². The summed E-state index contributed by atoms with van der Waals surface area (Å²) in [6, 6.07) is 0. The third-order valence-corrected chi connectivity index (χ3v) is 6.00. The normalized spacial score (nSPS) is 42.1. The molecule has 0 bridgehead atoms. The SMILES string of the molecule is C=C1C(=O)OC2C=C(C)C3OC3C=C(OC(C)=O)C(O)C(OC(=O)C3(C)OC3C)C12. The number of esters is 3. The van der Waals surface area contributed by atoms with E-state index >= 15 is 0 Å². The topological polar surface area (TPSA) is 124 Å². The van der Waals surface area contributed by atoms with E-state index in [1.165, 1.54) is 13.0 Å². The molecule has 3 fully saturated rings. The predicted molar refractivity (Wildman–Crippen MR) is 99.6 cm³/mol. The van der Waals surface area contributed by atoms with Crippen molar-refractivity contribution in [2.75, 3.05) is 0 Å². The summed E-state index contributed by atoms with van der Waals surface area (Å²) in [4.78, 5) is 36.7. The Bertz CT molecular complexity index is 887. The van der Waals surface area contributed by atoms with Crippen LogP contribution < -0.4 is 0 Å². The number of rotatable bonds is 3. The van der Waals surface area contributed by atoms with Crippen molar-refractivity contribution in [3.05, 3.63) is 35.6 Å². The van der Waals surface area contributed by atoms with Gasteiger partial charge in [-0.15, -0.1) is 0 Å². The molecule has 0 aromatic heterocycles. The summed E-state index contributed by atoms with van der Waals surface area (Å²) in [5, 5.41) is 11.1. The number of aliphatic hydroxyl groups is 1. The maximum absolute atomic E-state index is 12.8. The number of aliphatic hydroxyl groups excluding tert-OH is 1. The number of carbonyl (C=O) groups excluding carboxylic acids is 3. The molecule has 8 atom stereocenters. The third kappa shape index (κ3) is 3.46. The van der Waals surface area contributed by atoms with Crippen molar-refractivity contribution in [1.82, 2.24) is 0 Å². The summed E-state index contributed by atoms with van der Waals surface area (Å²) in [6.45, 7) is 10.1. The van der Waals surface area contributed by atoms with Crippen molar-refractivity contribution in [3.8, 4) is 0 Å². The van der Waals surface area contributed by atoms with Crippen LogP contribution in [-0.4, -0.2) is 65.2 Å². The monoisotopic (exact) mass is 420 g/mol. The molecule has 162 valence electrons. The van der Waals surface area contributed by atoms with E-state index in [0.717, 1.165) is 5.57 Å². The minimum Gasteiger partial charge on any atom is -0.456 e. The molecule has 3 saturated heterocycles. The van der Waals surface area contributed by atoms with Crippen LogP contribution in [-0.2, 0) is 38.1 Å². The van der Waals surface area contributed by atoms with Crippen molar-refractivity contribution in [2.45, 2.75) is 69.9 Å². The number of hydrogen-bond acceptors (Lipinski definition) is 9. The zero-order chi connectivity index (χ0) is 22.0. The molecule has 1 N–H and O–H groups in total. The summed E-state index contributed by atoms with van der Waals surface area (Å²) in [6.07, 6.45) is -1.59. The Balaban J connectivity index is 1.75. The summed E-state index contributed by atoms with van der Waals surface area (Å²) < 4.78 is 27.2. The summed E-state index contributed by atoms with van der Waals surface area (Å²) in [5.41, 5.74) is -0.313. The maximum Gasteiger partial charge on any atom is 0.341 e. The van der Waals surface area contributed by atoms with Gasteiger partial charge in [0.2, 0.25) is 0 Å². The summed E-state index contributed by atoms with van der Waals surface area (Å²) >= 11 is 0. The molecule has 0 amide bonds. The molecule has 0 spiro atoms. The Hall–Kier alpha value is -2.49. The molecule has 1 aliphatic carbocycles. The van der Waals surface area contributed by atoms with Crippen LogP contribution in [0.15, 0.2) is 35.6 Å². The molecular weight excluding hydrogens is 396 g/mol. The van der Waals surface area contributed by atoms with Gasteiger partial charge in [-0.3, -0.25) is 4.79 Å². The van der Waals surface area contributed by atoms with Crippen LogP contribution in [0.3, 0.4) is 0 Å². The van der Waals surface area contributed by atoms with E-state index in [0.29, 0.717) is 0 Å². The van der Waals surface area contributed by atoms with Crippen molar-refractivity contribution in [3.63, 3.8) is 0 Å². The third-order valence-electron chi connectivity index (χ3n) is 6.00. The van der Waals surface area contributed by atoms with E-state index < -0.39 is 53.8 Å². The van der Waals surface area contributed by atoms with Crippen molar-refractivity contribution < 1.29 is 43.2 Å². The average Bonchev–Trinajstić information content (AvgIpc) is 3.53. The van der Waals surface area contributed by atoms with Gasteiger partial charge in [-0.05, 0) is 38.5 Å². The van der Waals surface area contributed by atoms with E-state index in [-0.39, 0.29) is 23.5 Å². The number of carbonyl (C=O) groups is 3. The molecule has 4 rings (SSSR count). The van der Waals surface area contributed by atoms with Gasteiger partial charge in [-0.1, -0.05) is 6.58 Å². The van der Waals surface area contributed by atoms with Crippen LogP contribution in [0.4, 0.5) is 0 Å². The molecular formula is C21H24O9. The molecule has 9 heteroatoms. The molecule has 4 aliphatic rings. The highest BCUT2D eigenvalue weighted by molar-refractivity contribution is 5.91. The Morgan fingerprint density at radius 1 is 1.27 bits per heavy atom. The van der Waals surface area contributed by atoms with Gasteiger partial charge >= 0.3 is 17.9 Å². The number of hydrogen-bond donors (Lipinski definition) is 1. The van der Waals surface area contributed by atoms with Gasteiger partial charge in [0.15, 0.2) is 5.60 Å². The van der Waals surface area contributed by atoms with Crippen LogP contribution in [0.1, 0.15) is 27.7 Å². The first kappa shape index (κ1) is 20.8. The van der Waals surface area contributed by atoms with E-state index in [1.54, 1.807) is 19.9 Å². The molecule has 8 unspecified atom stereocenters. The second-order valence-corrected chi connectivity index (χ2v) is 8.20. The van der Waals surface area contributed by atoms with Crippen LogP contribution >= 0.6 is 0 Å². The molecule has 3 aliphatic heterocycles. The lowest BCUT2D eigenvalue weighted by atomic mass is 9.85. The van der Waals surface area contributed by atoms with E-state index in [1.807, 2.05) is 6.92 Å². The fraction of sp³-hybridized carbons (Fsp3) is 0.571. The number of ether oxygens (including phenoxy) is 5. The Kier molecular flexibility index (Phi) is 4.87. The van der Waals surface area contributed by atoms with E-state index in [9.17, 15) is 19.5 Å². The average molecular weight is 420 g/mol. The minimum absolute atomic E-state index is 0.0480.